The van der Waals surface area contributed by atoms with Gasteiger partial charge in [0, 0.05) is 13.2 Å². The summed E-state index contributed by atoms with van der Waals surface area (Å²) in [5.74, 6) is 0.193. The second-order valence-corrected chi connectivity index (χ2v) is 4.05. The number of hydrogen-bond acceptors (Lipinski definition) is 3. The van der Waals surface area contributed by atoms with Crippen molar-refractivity contribution in [2.45, 2.75) is 38.4 Å². The van der Waals surface area contributed by atoms with Gasteiger partial charge in [-0.1, -0.05) is 0 Å². The minimum atomic E-state index is -0.984. The Labute approximate surface area is 73.4 Å². The van der Waals surface area contributed by atoms with Gasteiger partial charge in [-0.25, -0.2) is 0 Å². The molecule has 0 bridgehead atoms. The molecule has 1 unspecified atom stereocenters. The molecular formula is C9H18O3. The van der Waals surface area contributed by atoms with Crippen LogP contribution in [0.2, 0.25) is 0 Å². The Morgan fingerprint density at radius 1 is 1.33 bits per heavy atom. The Hall–Kier alpha value is -0.120. The molecule has 0 amide bonds. The van der Waals surface area contributed by atoms with Crippen LogP contribution in [-0.2, 0) is 4.74 Å². The molecule has 1 fully saturated rings. The van der Waals surface area contributed by atoms with Crippen LogP contribution in [0.5, 0.6) is 0 Å². The zero-order valence-corrected chi connectivity index (χ0v) is 7.79. The third-order valence-corrected chi connectivity index (χ3v) is 2.44. The molecule has 0 aromatic heterocycles. The molecule has 1 aliphatic rings. The van der Waals surface area contributed by atoms with E-state index in [4.69, 9.17) is 4.74 Å². The van der Waals surface area contributed by atoms with Crippen LogP contribution in [0.3, 0.4) is 0 Å². The van der Waals surface area contributed by atoms with E-state index >= 15 is 0 Å². The van der Waals surface area contributed by atoms with Crippen molar-refractivity contribution in [3.8, 4) is 0 Å². The smallest absolute Gasteiger partial charge is 0.0852 e. The van der Waals surface area contributed by atoms with E-state index in [1.165, 1.54) is 0 Å². The second-order valence-electron chi connectivity index (χ2n) is 4.05. The van der Waals surface area contributed by atoms with Gasteiger partial charge in [0.2, 0.25) is 0 Å². The van der Waals surface area contributed by atoms with Crippen LogP contribution < -0.4 is 0 Å². The molecule has 2 N–H and O–H groups in total. The average molecular weight is 174 g/mol. The summed E-state index contributed by atoms with van der Waals surface area (Å²) < 4.78 is 5.17. The van der Waals surface area contributed by atoms with E-state index in [0.717, 1.165) is 12.8 Å². The highest BCUT2D eigenvalue weighted by molar-refractivity contribution is 4.83. The normalized spacial score (nSPS) is 24.0. The van der Waals surface area contributed by atoms with Crippen LogP contribution in [0.1, 0.15) is 26.7 Å². The van der Waals surface area contributed by atoms with Gasteiger partial charge in [-0.3, -0.25) is 0 Å². The van der Waals surface area contributed by atoms with Crippen LogP contribution in [0.4, 0.5) is 0 Å². The van der Waals surface area contributed by atoms with E-state index in [1.54, 1.807) is 13.8 Å². The van der Waals surface area contributed by atoms with Crippen molar-refractivity contribution in [1.29, 1.82) is 0 Å². The van der Waals surface area contributed by atoms with E-state index in [2.05, 4.69) is 0 Å². The Bertz CT molecular complexity index is 133. The standard InChI is InChI=1S/C9H18O3/c1-9(2,11)8(10)7-3-5-12-6-4-7/h7-8,10-11H,3-6H2,1-2H3. The van der Waals surface area contributed by atoms with Crippen molar-refractivity contribution >= 4 is 0 Å². The molecule has 0 saturated carbocycles. The monoisotopic (exact) mass is 174 g/mol. The van der Waals surface area contributed by atoms with Gasteiger partial charge in [0.15, 0.2) is 0 Å². The minimum Gasteiger partial charge on any atom is -0.390 e. The van der Waals surface area contributed by atoms with Crippen molar-refractivity contribution in [3.05, 3.63) is 0 Å². The van der Waals surface area contributed by atoms with Crippen LogP contribution in [0.25, 0.3) is 0 Å². The molecule has 12 heavy (non-hydrogen) atoms. The van der Waals surface area contributed by atoms with Gasteiger partial charge in [-0.05, 0) is 32.6 Å². The molecule has 1 saturated heterocycles. The topological polar surface area (TPSA) is 49.7 Å². The lowest BCUT2D eigenvalue weighted by Gasteiger charge is -2.33. The van der Waals surface area contributed by atoms with Crippen molar-refractivity contribution in [1.82, 2.24) is 0 Å². The van der Waals surface area contributed by atoms with Crippen LogP contribution >= 0.6 is 0 Å². The molecule has 0 aromatic carbocycles. The lowest BCUT2D eigenvalue weighted by molar-refractivity contribution is -0.0978. The summed E-state index contributed by atoms with van der Waals surface area (Å²) in [4.78, 5) is 0. The minimum absolute atomic E-state index is 0.193. The van der Waals surface area contributed by atoms with Gasteiger partial charge in [0.05, 0.1) is 11.7 Å². The summed E-state index contributed by atoms with van der Waals surface area (Å²) in [7, 11) is 0. The first-order valence-corrected chi connectivity index (χ1v) is 4.50. The maximum absolute atomic E-state index is 9.70. The summed E-state index contributed by atoms with van der Waals surface area (Å²) in [6, 6.07) is 0. The van der Waals surface area contributed by atoms with Gasteiger partial charge in [-0.15, -0.1) is 0 Å². The lowest BCUT2D eigenvalue weighted by atomic mass is 9.85. The van der Waals surface area contributed by atoms with Gasteiger partial charge in [-0.2, -0.15) is 0 Å². The molecule has 1 rings (SSSR count). The molecule has 1 heterocycles. The summed E-state index contributed by atoms with van der Waals surface area (Å²) in [6.07, 6.45) is 1.08. The molecule has 72 valence electrons. The third-order valence-electron chi connectivity index (χ3n) is 2.44. The first-order valence-electron chi connectivity index (χ1n) is 4.50. The van der Waals surface area contributed by atoms with Gasteiger partial charge >= 0.3 is 0 Å². The largest absolute Gasteiger partial charge is 0.390 e. The van der Waals surface area contributed by atoms with Crippen molar-refractivity contribution < 1.29 is 14.9 Å². The quantitative estimate of drug-likeness (QED) is 0.642. The fourth-order valence-electron chi connectivity index (χ4n) is 1.61. The molecule has 0 radical (unpaired) electrons. The summed E-state index contributed by atoms with van der Waals surface area (Å²) >= 11 is 0. The highest BCUT2D eigenvalue weighted by Crippen LogP contribution is 2.25. The maximum Gasteiger partial charge on any atom is 0.0852 e. The SMILES string of the molecule is CC(C)(O)C(O)C1CCOCC1. The van der Waals surface area contributed by atoms with Gasteiger partial charge in [0.1, 0.15) is 0 Å². The lowest BCUT2D eigenvalue weighted by Crippen LogP contribution is -2.43. The first-order chi connectivity index (χ1) is 5.52. The zero-order valence-electron chi connectivity index (χ0n) is 7.79. The van der Waals surface area contributed by atoms with Crippen LogP contribution in [0, 0.1) is 5.92 Å². The summed E-state index contributed by atoms with van der Waals surface area (Å²) in [5.41, 5.74) is -0.984. The molecule has 1 atom stereocenters. The Kier molecular flexibility index (Phi) is 3.09. The molecular weight excluding hydrogens is 156 g/mol. The van der Waals surface area contributed by atoms with E-state index < -0.39 is 11.7 Å². The Morgan fingerprint density at radius 3 is 2.25 bits per heavy atom. The highest BCUT2D eigenvalue weighted by atomic mass is 16.5. The van der Waals surface area contributed by atoms with Crippen molar-refractivity contribution in [3.63, 3.8) is 0 Å². The number of aliphatic hydroxyl groups is 2. The van der Waals surface area contributed by atoms with Crippen LogP contribution in [0.15, 0.2) is 0 Å². The molecule has 0 aromatic rings. The molecule has 3 heteroatoms. The number of ether oxygens (including phenoxy) is 1. The second kappa shape index (κ2) is 3.73. The third kappa shape index (κ3) is 2.44. The van der Waals surface area contributed by atoms with E-state index in [-0.39, 0.29) is 5.92 Å². The fraction of sp³-hybridized carbons (Fsp3) is 1.00. The van der Waals surface area contributed by atoms with Gasteiger partial charge in [0.25, 0.3) is 0 Å². The summed E-state index contributed by atoms with van der Waals surface area (Å²) in [5, 5.41) is 19.3. The maximum atomic E-state index is 9.70. The van der Waals surface area contributed by atoms with Crippen LogP contribution in [-0.4, -0.2) is 35.1 Å². The van der Waals surface area contributed by atoms with E-state index in [0.29, 0.717) is 13.2 Å². The highest BCUT2D eigenvalue weighted by Gasteiger charge is 2.32. The zero-order chi connectivity index (χ0) is 9.19. The predicted octanol–water partition coefficient (Wildman–Crippen LogP) is 0.545. The summed E-state index contributed by atoms with van der Waals surface area (Å²) in [6.45, 7) is 4.70. The predicted molar refractivity (Wildman–Crippen MR) is 45.8 cm³/mol. The number of rotatable bonds is 2. The molecule has 1 aliphatic heterocycles. The molecule has 0 aliphatic carbocycles. The van der Waals surface area contributed by atoms with Crippen molar-refractivity contribution in [2.75, 3.05) is 13.2 Å². The Balaban J connectivity index is 2.45. The fourth-order valence-corrected chi connectivity index (χ4v) is 1.61. The average Bonchev–Trinajstić information content (AvgIpc) is 2.03. The molecule has 3 nitrogen and oxygen atoms in total. The van der Waals surface area contributed by atoms with Crippen molar-refractivity contribution in [2.24, 2.45) is 5.92 Å². The number of aliphatic hydroxyl groups excluding tert-OH is 1. The Morgan fingerprint density at radius 2 is 1.83 bits per heavy atom. The van der Waals surface area contributed by atoms with E-state index in [9.17, 15) is 10.2 Å². The molecule has 0 spiro atoms. The number of hydrogen-bond donors (Lipinski definition) is 2. The van der Waals surface area contributed by atoms with Gasteiger partial charge < -0.3 is 14.9 Å². The first kappa shape index (κ1) is 9.96. The van der Waals surface area contributed by atoms with E-state index in [1.807, 2.05) is 0 Å².